The molecule has 3 nitrogen and oxygen atoms in total. The first-order valence-electron chi connectivity index (χ1n) is 8.34. The van der Waals surface area contributed by atoms with Gasteiger partial charge in [-0.05, 0) is 54.9 Å². The second-order valence-electron chi connectivity index (χ2n) is 5.88. The van der Waals surface area contributed by atoms with Crippen molar-refractivity contribution in [2.24, 2.45) is 0 Å². The van der Waals surface area contributed by atoms with E-state index in [1.165, 1.54) is 26.7 Å². The molecule has 5 heteroatoms. The van der Waals surface area contributed by atoms with Crippen LogP contribution in [0.5, 0.6) is 0 Å². The van der Waals surface area contributed by atoms with Crippen molar-refractivity contribution in [2.75, 3.05) is 5.32 Å². The second kappa shape index (κ2) is 6.86. The van der Waals surface area contributed by atoms with Gasteiger partial charge in [-0.3, -0.25) is 0 Å². The van der Waals surface area contributed by atoms with Crippen molar-refractivity contribution in [3.63, 3.8) is 0 Å². The summed E-state index contributed by atoms with van der Waals surface area (Å²) >= 11 is 7.16. The van der Waals surface area contributed by atoms with E-state index in [0.29, 0.717) is 5.11 Å². The molecule has 2 N–H and O–H groups in total. The lowest BCUT2D eigenvalue weighted by Crippen LogP contribution is -2.27. The molecule has 0 amide bonds. The number of nitrogens with zero attached hydrogens (tertiary/aromatic N) is 1. The topological polar surface area (TPSA) is 29.0 Å². The molecule has 0 fully saturated rings. The van der Waals surface area contributed by atoms with Crippen LogP contribution in [0.15, 0.2) is 60.0 Å². The van der Waals surface area contributed by atoms with E-state index >= 15 is 0 Å². The number of fused-ring (bicyclic) bond motifs is 3. The minimum atomic E-state index is 0.645. The van der Waals surface area contributed by atoms with E-state index in [1.807, 2.05) is 0 Å². The van der Waals surface area contributed by atoms with Crippen LogP contribution in [-0.2, 0) is 13.1 Å². The molecule has 4 aromatic rings. The highest BCUT2D eigenvalue weighted by molar-refractivity contribution is 7.80. The molecular formula is C20H19N3S2. The largest absolute Gasteiger partial charge is 0.358 e. The molecule has 126 valence electrons. The lowest BCUT2D eigenvalue weighted by atomic mass is 10.1. The van der Waals surface area contributed by atoms with Gasteiger partial charge in [0.2, 0.25) is 0 Å². The maximum Gasteiger partial charge on any atom is 0.171 e. The Bertz CT molecular complexity index is 1030. The Morgan fingerprint density at radius 2 is 1.88 bits per heavy atom. The predicted octanol–water partition coefficient (Wildman–Crippen LogP) is 5.36. The molecule has 0 saturated carbocycles. The van der Waals surface area contributed by atoms with E-state index in [-0.39, 0.29) is 0 Å². The fourth-order valence-corrected chi connectivity index (χ4v) is 4.06. The highest BCUT2D eigenvalue weighted by Crippen LogP contribution is 2.30. The van der Waals surface area contributed by atoms with Gasteiger partial charge in [-0.2, -0.15) is 0 Å². The normalized spacial score (nSPS) is 11.1. The Labute approximate surface area is 156 Å². The fourth-order valence-electron chi connectivity index (χ4n) is 3.23. The molecule has 2 aromatic carbocycles. The van der Waals surface area contributed by atoms with Crippen LogP contribution in [0.2, 0.25) is 0 Å². The SMILES string of the molecule is CCn1c2ccccc2c2cc(NC(=S)NCc3cccs3)ccc21. The summed E-state index contributed by atoms with van der Waals surface area (Å²) in [6, 6.07) is 19.1. The standard InChI is InChI=1S/C20H19N3S2/c1-2-23-18-8-4-3-7-16(18)17-12-14(9-10-19(17)23)22-20(24)21-13-15-6-5-11-25-15/h3-12H,2,13H2,1H3,(H2,21,22,24). The smallest absolute Gasteiger partial charge is 0.171 e. The minimum Gasteiger partial charge on any atom is -0.358 e. The molecule has 0 spiro atoms. The molecule has 0 aliphatic rings. The summed E-state index contributed by atoms with van der Waals surface area (Å²) in [7, 11) is 0. The highest BCUT2D eigenvalue weighted by atomic mass is 32.1. The van der Waals surface area contributed by atoms with Crippen LogP contribution < -0.4 is 10.6 Å². The quantitative estimate of drug-likeness (QED) is 0.477. The van der Waals surface area contributed by atoms with Crippen LogP contribution in [0.3, 0.4) is 0 Å². The Kier molecular flexibility index (Phi) is 4.42. The van der Waals surface area contributed by atoms with E-state index in [2.05, 4.69) is 82.1 Å². The van der Waals surface area contributed by atoms with Gasteiger partial charge < -0.3 is 15.2 Å². The van der Waals surface area contributed by atoms with Crippen molar-refractivity contribution >= 4 is 56.2 Å². The first kappa shape index (κ1) is 16.1. The first-order valence-corrected chi connectivity index (χ1v) is 9.63. The molecule has 0 unspecified atom stereocenters. The molecular weight excluding hydrogens is 346 g/mol. The molecule has 2 aromatic heterocycles. The molecule has 0 atom stereocenters. The average molecular weight is 366 g/mol. The van der Waals surface area contributed by atoms with Crippen molar-refractivity contribution < 1.29 is 0 Å². The van der Waals surface area contributed by atoms with Gasteiger partial charge in [0.25, 0.3) is 0 Å². The third-order valence-corrected chi connectivity index (χ3v) is 5.47. The van der Waals surface area contributed by atoms with E-state index in [4.69, 9.17) is 12.2 Å². The lowest BCUT2D eigenvalue weighted by molar-refractivity contribution is 0.827. The van der Waals surface area contributed by atoms with Gasteiger partial charge >= 0.3 is 0 Å². The number of nitrogens with one attached hydrogen (secondary N) is 2. The summed E-state index contributed by atoms with van der Waals surface area (Å²) in [5.74, 6) is 0. The number of hydrogen-bond acceptors (Lipinski definition) is 2. The van der Waals surface area contributed by atoms with Crippen LogP contribution in [0.4, 0.5) is 5.69 Å². The number of para-hydroxylation sites is 1. The molecule has 2 heterocycles. The van der Waals surface area contributed by atoms with Gasteiger partial charge in [0, 0.05) is 38.9 Å². The van der Waals surface area contributed by atoms with Crippen LogP contribution in [0, 0.1) is 0 Å². The second-order valence-corrected chi connectivity index (χ2v) is 7.32. The van der Waals surface area contributed by atoms with E-state index in [9.17, 15) is 0 Å². The maximum atomic E-state index is 5.43. The monoisotopic (exact) mass is 365 g/mol. The Morgan fingerprint density at radius 3 is 2.68 bits per heavy atom. The van der Waals surface area contributed by atoms with Gasteiger partial charge in [0.1, 0.15) is 0 Å². The third-order valence-electron chi connectivity index (χ3n) is 4.35. The summed E-state index contributed by atoms with van der Waals surface area (Å²) in [5, 5.41) is 11.8. The van der Waals surface area contributed by atoms with Gasteiger partial charge in [-0.15, -0.1) is 11.3 Å². The fraction of sp³-hybridized carbons (Fsp3) is 0.150. The van der Waals surface area contributed by atoms with Crippen LogP contribution >= 0.6 is 23.6 Å². The number of hydrogen-bond donors (Lipinski definition) is 2. The van der Waals surface area contributed by atoms with Crippen molar-refractivity contribution in [3.05, 3.63) is 64.9 Å². The van der Waals surface area contributed by atoms with Crippen LogP contribution in [0.25, 0.3) is 21.8 Å². The van der Waals surface area contributed by atoms with Crippen LogP contribution in [0.1, 0.15) is 11.8 Å². The van der Waals surface area contributed by atoms with Gasteiger partial charge in [0.15, 0.2) is 5.11 Å². The molecule has 4 rings (SSSR count). The first-order chi connectivity index (χ1) is 12.3. The van der Waals surface area contributed by atoms with Crippen molar-refractivity contribution in [2.45, 2.75) is 20.0 Å². The molecule has 25 heavy (non-hydrogen) atoms. The number of aryl methyl sites for hydroxylation is 1. The predicted molar refractivity (Wildman–Crippen MR) is 112 cm³/mol. The number of thiophene rings is 1. The molecule has 0 bridgehead atoms. The summed E-state index contributed by atoms with van der Waals surface area (Å²) in [5.41, 5.74) is 3.54. The van der Waals surface area contributed by atoms with Crippen LogP contribution in [-0.4, -0.2) is 9.68 Å². The summed E-state index contributed by atoms with van der Waals surface area (Å²) < 4.78 is 2.35. The summed E-state index contributed by atoms with van der Waals surface area (Å²) in [6.07, 6.45) is 0. The molecule has 0 aliphatic heterocycles. The van der Waals surface area contributed by atoms with E-state index in [1.54, 1.807) is 11.3 Å². The van der Waals surface area contributed by atoms with Crippen molar-refractivity contribution in [1.82, 2.24) is 9.88 Å². The number of aromatic nitrogens is 1. The maximum absolute atomic E-state index is 5.43. The lowest BCUT2D eigenvalue weighted by Gasteiger charge is -2.10. The Hall–Kier alpha value is -2.37. The van der Waals surface area contributed by atoms with Crippen molar-refractivity contribution in [1.29, 1.82) is 0 Å². The number of benzene rings is 2. The summed E-state index contributed by atoms with van der Waals surface area (Å²) in [4.78, 5) is 1.27. The molecule has 0 aliphatic carbocycles. The molecule has 0 radical (unpaired) electrons. The average Bonchev–Trinajstić information content (AvgIpc) is 3.25. The van der Waals surface area contributed by atoms with Gasteiger partial charge in [0.05, 0.1) is 6.54 Å². The zero-order chi connectivity index (χ0) is 17.2. The minimum absolute atomic E-state index is 0.645. The van der Waals surface area contributed by atoms with Crippen molar-refractivity contribution in [3.8, 4) is 0 Å². The number of thiocarbonyl (C=S) groups is 1. The molecule has 0 saturated heterocycles. The third kappa shape index (κ3) is 3.13. The highest BCUT2D eigenvalue weighted by Gasteiger charge is 2.10. The summed E-state index contributed by atoms with van der Waals surface area (Å²) in [6.45, 7) is 3.89. The Morgan fingerprint density at radius 1 is 1.04 bits per heavy atom. The number of rotatable bonds is 4. The Balaban J connectivity index is 1.60. The zero-order valence-electron chi connectivity index (χ0n) is 14.0. The van der Waals surface area contributed by atoms with Gasteiger partial charge in [-0.1, -0.05) is 24.3 Å². The number of anilines is 1. The van der Waals surface area contributed by atoms with Gasteiger partial charge in [-0.25, -0.2) is 0 Å². The van der Waals surface area contributed by atoms with E-state index in [0.717, 1.165) is 18.8 Å². The zero-order valence-corrected chi connectivity index (χ0v) is 15.6. The van der Waals surface area contributed by atoms with E-state index < -0.39 is 0 Å².